The quantitative estimate of drug-likeness (QED) is 0.468. The van der Waals surface area contributed by atoms with E-state index in [1.54, 1.807) is 0 Å². The Kier molecular flexibility index (Phi) is 11.8. The van der Waals surface area contributed by atoms with E-state index in [4.69, 9.17) is 0 Å². The van der Waals surface area contributed by atoms with Gasteiger partial charge in [0.15, 0.2) is 0 Å². The first-order chi connectivity index (χ1) is 6.90. The van der Waals surface area contributed by atoms with E-state index in [1.807, 2.05) is 0 Å². The van der Waals surface area contributed by atoms with Gasteiger partial charge < -0.3 is 0 Å². The smallest absolute Gasteiger partial charge is 0.174 e. The first-order valence-electron chi connectivity index (χ1n) is 3.89. The van der Waals surface area contributed by atoms with E-state index in [2.05, 4.69) is 0 Å². The van der Waals surface area contributed by atoms with Gasteiger partial charge in [-0.25, -0.2) is 0 Å². The summed E-state index contributed by atoms with van der Waals surface area (Å²) in [6, 6.07) is 0. The van der Waals surface area contributed by atoms with Crippen LogP contribution in [-0.4, -0.2) is 0 Å². The number of hydrogen-bond acceptors (Lipinski definition) is 0. The Labute approximate surface area is 83.6 Å². The van der Waals surface area contributed by atoms with Crippen LogP contribution in [-0.2, 0) is 0 Å². The maximum absolute atomic E-state index is 11.2. The molecule has 0 fully saturated rings. The molecule has 0 aliphatic carbocycles. The van der Waals surface area contributed by atoms with E-state index in [-0.39, 0.29) is 12.8 Å². The Balaban J connectivity index is 0. The van der Waals surface area contributed by atoms with Gasteiger partial charge in [0.05, 0.1) is 0 Å². The van der Waals surface area contributed by atoms with Crippen molar-refractivity contribution < 1.29 is 26.3 Å². The molecule has 0 nitrogen and oxygen atoms in total. The molecular weight excluding hydrogens is 222 g/mol. The van der Waals surface area contributed by atoms with Crippen molar-refractivity contribution in [1.29, 1.82) is 0 Å². The molecular formula is C9H10F6. The van der Waals surface area contributed by atoms with Crippen molar-refractivity contribution in [3.63, 3.8) is 0 Å². The van der Waals surface area contributed by atoms with Crippen LogP contribution in [0, 0.1) is 0 Å². The van der Waals surface area contributed by atoms with E-state index in [0.29, 0.717) is 12.2 Å². The summed E-state index contributed by atoms with van der Waals surface area (Å²) in [6.07, 6.45) is -3.39. The molecule has 0 spiro atoms. The van der Waals surface area contributed by atoms with Crippen molar-refractivity contribution in [2.24, 2.45) is 0 Å². The predicted molar refractivity (Wildman–Crippen MR) is 45.8 cm³/mol. The molecule has 0 aromatic rings. The van der Waals surface area contributed by atoms with Crippen LogP contribution in [0.3, 0.4) is 0 Å². The highest BCUT2D eigenvalue weighted by Crippen LogP contribution is 2.05. The van der Waals surface area contributed by atoms with Crippen molar-refractivity contribution in [3.05, 3.63) is 36.5 Å². The largest absolute Gasteiger partial charge is 0.266 e. The van der Waals surface area contributed by atoms with Crippen LogP contribution in [0.25, 0.3) is 0 Å². The average molecular weight is 232 g/mol. The maximum Gasteiger partial charge on any atom is 0.266 e. The number of unbranched alkanes of at least 4 members (excludes halogenated alkanes) is 1. The molecule has 0 unspecified atom stereocenters. The molecule has 0 aliphatic rings. The lowest BCUT2D eigenvalue weighted by molar-refractivity contribution is 0.412. The van der Waals surface area contributed by atoms with Gasteiger partial charge in [0, 0.05) is 0 Å². The van der Waals surface area contributed by atoms with E-state index in [1.165, 1.54) is 6.92 Å². The van der Waals surface area contributed by atoms with Crippen molar-refractivity contribution in [1.82, 2.24) is 0 Å². The van der Waals surface area contributed by atoms with E-state index >= 15 is 0 Å². The van der Waals surface area contributed by atoms with Gasteiger partial charge in [0.25, 0.3) is 18.2 Å². The molecule has 0 heterocycles. The van der Waals surface area contributed by atoms with Crippen molar-refractivity contribution in [2.75, 3.05) is 0 Å². The third-order valence-corrected chi connectivity index (χ3v) is 0.982. The molecule has 88 valence electrons. The minimum atomic E-state index is -1.83. The Morgan fingerprint density at radius 1 is 0.733 bits per heavy atom. The van der Waals surface area contributed by atoms with E-state index in [0.717, 1.165) is 6.08 Å². The minimum absolute atomic E-state index is 0.0420. The second-order valence-corrected chi connectivity index (χ2v) is 2.14. The van der Waals surface area contributed by atoms with Crippen LogP contribution in [0.4, 0.5) is 26.3 Å². The van der Waals surface area contributed by atoms with E-state index < -0.39 is 18.2 Å². The lowest BCUT2D eigenvalue weighted by atomic mass is 10.3. The molecule has 0 aliphatic heterocycles. The minimum Gasteiger partial charge on any atom is -0.174 e. The summed E-state index contributed by atoms with van der Waals surface area (Å²) in [5.41, 5.74) is 0. The standard InChI is InChI=1S/C6H6F4.C3H4F2/c7-5(8)3-1-2-4-6(9)10;1-2-3(4)5/h3-4H,1-2H2;2H,1H3. The third-order valence-electron chi connectivity index (χ3n) is 0.982. The van der Waals surface area contributed by atoms with Crippen LogP contribution in [0.15, 0.2) is 36.5 Å². The fourth-order valence-corrected chi connectivity index (χ4v) is 0.385. The summed E-state index contributed by atoms with van der Waals surface area (Å²) in [5.74, 6) is 0. The molecule has 0 rings (SSSR count). The highest BCUT2D eigenvalue weighted by molar-refractivity contribution is 4.87. The van der Waals surface area contributed by atoms with Gasteiger partial charge in [-0.2, -0.15) is 26.3 Å². The summed E-state index contributed by atoms with van der Waals surface area (Å²) < 4.78 is 66.1. The monoisotopic (exact) mass is 232 g/mol. The molecule has 0 bridgehead atoms. The average Bonchev–Trinajstić information content (AvgIpc) is 2.13. The molecule has 0 atom stereocenters. The molecule has 0 amide bonds. The van der Waals surface area contributed by atoms with Gasteiger partial charge >= 0.3 is 0 Å². The van der Waals surface area contributed by atoms with Gasteiger partial charge in [-0.05, 0) is 38.0 Å². The topological polar surface area (TPSA) is 0 Å². The van der Waals surface area contributed by atoms with E-state index in [9.17, 15) is 26.3 Å². The van der Waals surface area contributed by atoms with Gasteiger partial charge in [0.1, 0.15) is 0 Å². The Morgan fingerprint density at radius 3 is 1.13 bits per heavy atom. The van der Waals surface area contributed by atoms with Crippen LogP contribution in [0.2, 0.25) is 0 Å². The molecule has 0 aromatic carbocycles. The summed E-state index contributed by atoms with van der Waals surface area (Å²) in [4.78, 5) is 0. The van der Waals surface area contributed by atoms with Gasteiger partial charge in [0.2, 0.25) is 0 Å². The molecule has 6 heteroatoms. The third kappa shape index (κ3) is 24.5. The van der Waals surface area contributed by atoms with Gasteiger partial charge in [-0.15, -0.1) is 0 Å². The Bertz CT molecular complexity index is 211. The highest BCUT2D eigenvalue weighted by atomic mass is 19.3. The zero-order valence-electron chi connectivity index (χ0n) is 7.91. The van der Waals surface area contributed by atoms with Gasteiger partial charge in [-0.3, -0.25) is 0 Å². The maximum atomic E-state index is 11.2. The zero-order chi connectivity index (χ0) is 12.3. The Morgan fingerprint density at radius 2 is 1.00 bits per heavy atom. The van der Waals surface area contributed by atoms with Crippen LogP contribution < -0.4 is 0 Å². The zero-order valence-corrected chi connectivity index (χ0v) is 7.91. The highest BCUT2D eigenvalue weighted by Gasteiger charge is 1.88. The van der Waals surface area contributed by atoms with Gasteiger partial charge in [-0.1, -0.05) is 0 Å². The lowest BCUT2D eigenvalue weighted by Crippen LogP contribution is -1.66. The van der Waals surface area contributed by atoms with Crippen LogP contribution >= 0.6 is 0 Å². The fourth-order valence-electron chi connectivity index (χ4n) is 0.385. The number of allylic oxidation sites excluding steroid dienone is 3. The number of halogens is 6. The first kappa shape index (κ1) is 16.2. The molecule has 0 saturated carbocycles. The number of hydrogen-bond donors (Lipinski definition) is 0. The second kappa shape index (κ2) is 10.9. The molecule has 0 N–H and O–H groups in total. The Hall–Kier alpha value is -1.20. The van der Waals surface area contributed by atoms with Crippen molar-refractivity contribution in [3.8, 4) is 0 Å². The summed E-state index contributed by atoms with van der Waals surface area (Å²) in [5, 5.41) is 0. The fraction of sp³-hybridized carbons (Fsp3) is 0.333. The summed E-state index contributed by atoms with van der Waals surface area (Å²) in [7, 11) is 0. The normalized spacial score (nSPS) is 8.20. The molecule has 0 saturated heterocycles. The molecule has 0 aromatic heterocycles. The summed E-state index contributed by atoms with van der Waals surface area (Å²) in [6.45, 7) is 1.29. The predicted octanol–water partition coefficient (Wildman–Crippen LogP) is 5.11. The van der Waals surface area contributed by atoms with Crippen molar-refractivity contribution >= 4 is 0 Å². The number of rotatable bonds is 3. The first-order valence-corrected chi connectivity index (χ1v) is 3.89. The summed E-state index contributed by atoms with van der Waals surface area (Å²) >= 11 is 0. The SMILES string of the molecule is CC=C(F)F.FC(F)=CCCC=C(F)F. The van der Waals surface area contributed by atoms with Crippen molar-refractivity contribution in [2.45, 2.75) is 19.8 Å². The second-order valence-electron chi connectivity index (χ2n) is 2.14. The van der Waals surface area contributed by atoms with Crippen LogP contribution in [0.1, 0.15) is 19.8 Å². The molecule has 0 radical (unpaired) electrons. The lowest BCUT2D eigenvalue weighted by Gasteiger charge is -1.83. The van der Waals surface area contributed by atoms with Crippen LogP contribution in [0.5, 0.6) is 0 Å². The molecule has 15 heavy (non-hydrogen) atoms.